The van der Waals surface area contributed by atoms with Gasteiger partial charge in [0.15, 0.2) is 5.82 Å². The number of H-pyrrole nitrogens is 1. The Labute approximate surface area is 157 Å². The summed E-state index contributed by atoms with van der Waals surface area (Å²) in [5, 5.41) is 19.4. The van der Waals surface area contributed by atoms with Gasteiger partial charge in [-0.3, -0.25) is 14.7 Å². The van der Waals surface area contributed by atoms with E-state index in [1.54, 1.807) is 0 Å². The molecular weight excluding hydrogens is 356 g/mol. The van der Waals surface area contributed by atoms with Gasteiger partial charge in [0.1, 0.15) is 5.69 Å². The van der Waals surface area contributed by atoms with Crippen molar-refractivity contribution in [3.63, 3.8) is 0 Å². The number of halogens is 1. The van der Waals surface area contributed by atoms with Gasteiger partial charge in [-0.1, -0.05) is 5.16 Å². The van der Waals surface area contributed by atoms with E-state index in [4.69, 9.17) is 4.52 Å². The molecule has 0 aromatic carbocycles. The third kappa shape index (κ3) is 3.13. The average Bonchev–Trinajstić information content (AvgIpc) is 3.28. The molecule has 26 heavy (non-hydrogen) atoms. The standard InChI is InChI=1S/C16H22N8O.ClH/c1-9-14(10(2)24(4)21-9)11-7-12(20-19-11)16-18-15(22-25-16)13-8-17-5-6-23(13)3;/h7,13,17H,5-6,8H2,1-4H3,(H,19,20);1H. The molecule has 1 atom stereocenters. The zero-order chi connectivity index (χ0) is 17.6. The maximum absolute atomic E-state index is 5.46. The number of nitrogens with zero attached hydrogens (tertiary/aromatic N) is 6. The molecule has 1 aliphatic rings. The quantitative estimate of drug-likeness (QED) is 0.711. The van der Waals surface area contributed by atoms with Crippen LogP contribution in [0.15, 0.2) is 10.6 Å². The van der Waals surface area contributed by atoms with Crippen LogP contribution < -0.4 is 5.32 Å². The number of aryl methyl sites for hydroxylation is 2. The van der Waals surface area contributed by atoms with Crippen molar-refractivity contribution in [1.82, 2.24) is 40.3 Å². The third-order valence-electron chi connectivity index (χ3n) is 4.82. The topological polar surface area (TPSA) is 101 Å². The number of piperazine rings is 1. The van der Waals surface area contributed by atoms with Gasteiger partial charge in [0.2, 0.25) is 0 Å². The Morgan fingerprint density at radius 2 is 2.08 bits per heavy atom. The Hall–Kier alpha value is -2.23. The van der Waals surface area contributed by atoms with Crippen molar-refractivity contribution in [1.29, 1.82) is 0 Å². The van der Waals surface area contributed by atoms with Crippen molar-refractivity contribution >= 4 is 12.4 Å². The summed E-state index contributed by atoms with van der Waals surface area (Å²) in [5.41, 5.74) is 4.58. The molecule has 1 unspecified atom stereocenters. The Balaban J connectivity index is 0.00000196. The van der Waals surface area contributed by atoms with Gasteiger partial charge in [-0.15, -0.1) is 12.4 Å². The molecule has 10 heteroatoms. The van der Waals surface area contributed by atoms with Crippen molar-refractivity contribution in [2.45, 2.75) is 19.9 Å². The molecule has 1 aliphatic heterocycles. The average molecular weight is 379 g/mol. The molecule has 0 spiro atoms. The molecule has 3 aromatic heterocycles. The molecule has 0 bridgehead atoms. The second-order valence-electron chi connectivity index (χ2n) is 6.49. The van der Waals surface area contributed by atoms with E-state index in [1.165, 1.54) is 0 Å². The predicted octanol–water partition coefficient (Wildman–Crippen LogP) is 1.47. The van der Waals surface area contributed by atoms with Gasteiger partial charge >= 0.3 is 0 Å². The number of nitrogens with one attached hydrogen (secondary N) is 2. The van der Waals surface area contributed by atoms with Gasteiger partial charge in [0.25, 0.3) is 5.89 Å². The molecule has 9 nitrogen and oxygen atoms in total. The van der Waals surface area contributed by atoms with Crippen molar-refractivity contribution in [2.24, 2.45) is 7.05 Å². The first-order valence-electron chi connectivity index (χ1n) is 8.35. The highest BCUT2D eigenvalue weighted by Gasteiger charge is 2.26. The van der Waals surface area contributed by atoms with Crippen LogP contribution in [-0.2, 0) is 7.05 Å². The Bertz CT molecular complexity index is 898. The van der Waals surface area contributed by atoms with Crippen LogP contribution in [0.25, 0.3) is 22.8 Å². The fourth-order valence-corrected chi connectivity index (χ4v) is 3.28. The lowest BCUT2D eigenvalue weighted by Gasteiger charge is -2.30. The number of aromatic amines is 1. The molecule has 4 rings (SSSR count). The monoisotopic (exact) mass is 378 g/mol. The first-order valence-corrected chi connectivity index (χ1v) is 8.35. The fourth-order valence-electron chi connectivity index (χ4n) is 3.28. The van der Waals surface area contributed by atoms with E-state index >= 15 is 0 Å². The lowest BCUT2D eigenvalue weighted by molar-refractivity contribution is 0.190. The smallest absolute Gasteiger partial charge is 0.276 e. The van der Waals surface area contributed by atoms with Crippen molar-refractivity contribution in [3.8, 4) is 22.8 Å². The van der Waals surface area contributed by atoms with Gasteiger partial charge in [-0.2, -0.15) is 15.2 Å². The molecule has 1 saturated heterocycles. The molecule has 0 radical (unpaired) electrons. The maximum Gasteiger partial charge on any atom is 0.276 e. The Morgan fingerprint density at radius 1 is 1.27 bits per heavy atom. The summed E-state index contributed by atoms with van der Waals surface area (Å²) in [6, 6.07) is 2.05. The fraction of sp³-hybridized carbons (Fsp3) is 0.500. The van der Waals surface area contributed by atoms with Crippen molar-refractivity contribution in [2.75, 3.05) is 26.7 Å². The molecular formula is C16H23ClN8O. The molecule has 140 valence electrons. The van der Waals surface area contributed by atoms with Crippen LogP contribution in [0, 0.1) is 13.8 Å². The van der Waals surface area contributed by atoms with E-state index in [1.807, 2.05) is 31.6 Å². The highest BCUT2D eigenvalue weighted by molar-refractivity contribution is 5.85. The Kier molecular flexibility index (Phi) is 5.12. The summed E-state index contributed by atoms with van der Waals surface area (Å²) >= 11 is 0. The highest BCUT2D eigenvalue weighted by Crippen LogP contribution is 2.28. The van der Waals surface area contributed by atoms with Crippen LogP contribution in [-0.4, -0.2) is 61.7 Å². The molecule has 0 saturated carbocycles. The normalized spacial score (nSPS) is 18.1. The zero-order valence-electron chi connectivity index (χ0n) is 15.3. The van der Waals surface area contributed by atoms with E-state index in [9.17, 15) is 0 Å². The van der Waals surface area contributed by atoms with Crippen molar-refractivity contribution in [3.05, 3.63) is 23.3 Å². The summed E-state index contributed by atoms with van der Waals surface area (Å²) in [6.07, 6.45) is 0. The lowest BCUT2D eigenvalue weighted by Crippen LogP contribution is -2.44. The first-order chi connectivity index (χ1) is 12.0. The molecule has 0 aliphatic carbocycles. The van der Waals surface area contributed by atoms with Crippen LogP contribution in [0.2, 0.25) is 0 Å². The summed E-state index contributed by atoms with van der Waals surface area (Å²) < 4.78 is 7.32. The third-order valence-corrected chi connectivity index (χ3v) is 4.82. The van der Waals surface area contributed by atoms with Crippen LogP contribution in [0.1, 0.15) is 23.3 Å². The second kappa shape index (κ2) is 7.18. The number of rotatable bonds is 3. The minimum absolute atomic E-state index is 0. The summed E-state index contributed by atoms with van der Waals surface area (Å²) in [5.74, 6) is 1.14. The molecule has 1 fully saturated rings. The van der Waals surface area contributed by atoms with E-state index < -0.39 is 0 Å². The summed E-state index contributed by atoms with van der Waals surface area (Å²) in [4.78, 5) is 6.79. The lowest BCUT2D eigenvalue weighted by atomic mass is 10.1. The molecule has 3 aromatic rings. The van der Waals surface area contributed by atoms with Gasteiger partial charge in [-0.05, 0) is 27.0 Å². The number of likely N-dealkylation sites (N-methyl/N-ethyl adjacent to an activating group) is 1. The summed E-state index contributed by atoms with van der Waals surface area (Å²) in [7, 11) is 4.00. The van der Waals surface area contributed by atoms with E-state index in [2.05, 4.69) is 42.7 Å². The van der Waals surface area contributed by atoms with Gasteiger partial charge < -0.3 is 9.84 Å². The largest absolute Gasteiger partial charge is 0.332 e. The van der Waals surface area contributed by atoms with Crippen LogP contribution in [0.4, 0.5) is 0 Å². The highest BCUT2D eigenvalue weighted by atomic mass is 35.5. The van der Waals surface area contributed by atoms with Crippen LogP contribution >= 0.6 is 12.4 Å². The minimum atomic E-state index is 0. The van der Waals surface area contributed by atoms with E-state index in [0.29, 0.717) is 17.4 Å². The SMILES string of the molecule is Cc1nn(C)c(C)c1-c1cc(-c2nc(C3CNCCN3C)no2)[nH]n1.Cl. The zero-order valence-corrected chi connectivity index (χ0v) is 16.1. The maximum atomic E-state index is 5.46. The molecule has 0 amide bonds. The minimum Gasteiger partial charge on any atom is -0.332 e. The molecule has 4 heterocycles. The van der Waals surface area contributed by atoms with Crippen molar-refractivity contribution < 1.29 is 4.52 Å². The van der Waals surface area contributed by atoms with E-state index in [-0.39, 0.29) is 18.4 Å². The first kappa shape index (κ1) is 18.6. The second-order valence-corrected chi connectivity index (χ2v) is 6.49. The number of hydrogen-bond donors (Lipinski definition) is 2. The van der Waals surface area contributed by atoms with Gasteiger partial charge in [0.05, 0.1) is 17.4 Å². The van der Waals surface area contributed by atoms with E-state index in [0.717, 1.165) is 42.3 Å². The van der Waals surface area contributed by atoms with Crippen LogP contribution in [0.3, 0.4) is 0 Å². The van der Waals surface area contributed by atoms with Gasteiger partial charge in [-0.25, -0.2) is 0 Å². The van der Waals surface area contributed by atoms with Crippen LogP contribution in [0.5, 0.6) is 0 Å². The Morgan fingerprint density at radius 3 is 2.77 bits per heavy atom. The van der Waals surface area contributed by atoms with Gasteiger partial charge in [0, 0.05) is 37.9 Å². The predicted molar refractivity (Wildman–Crippen MR) is 99.0 cm³/mol. The number of aromatic nitrogens is 6. The molecule has 2 N–H and O–H groups in total. The number of hydrogen-bond acceptors (Lipinski definition) is 7. The summed E-state index contributed by atoms with van der Waals surface area (Å²) in [6.45, 7) is 6.76.